The van der Waals surface area contributed by atoms with E-state index in [0.717, 1.165) is 38.0 Å². The van der Waals surface area contributed by atoms with Gasteiger partial charge in [-0.1, -0.05) is 12.1 Å². The van der Waals surface area contributed by atoms with E-state index in [1.54, 1.807) is 4.90 Å². The van der Waals surface area contributed by atoms with Gasteiger partial charge in [0.15, 0.2) is 0 Å². The van der Waals surface area contributed by atoms with Crippen molar-refractivity contribution in [3.63, 3.8) is 0 Å². The van der Waals surface area contributed by atoms with Gasteiger partial charge in [-0.25, -0.2) is 4.79 Å². The highest BCUT2D eigenvalue weighted by Crippen LogP contribution is 2.51. The molecule has 6 nitrogen and oxygen atoms in total. The molecular weight excluding hydrogens is 328 g/mol. The minimum Gasteiger partial charge on any atom is -0.368 e. The minimum atomic E-state index is -0.556. The van der Waals surface area contributed by atoms with E-state index in [9.17, 15) is 9.59 Å². The Morgan fingerprint density at radius 2 is 1.96 bits per heavy atom. The molecule has 0 radical (unpaired) electrons. The van der Waals surface area contributed by atoms with Gasteiger partial charge in [0.2, 0.25) is 5.91 Å². The molecule has 2 N–H and O–H groups in total. The SMILES string of the molecule is CN(C)CCC1(c2ccc(N3C(=O)N4CCC[C@@H]4C3C(N)=O)cc2)CC1. The van der Waals surface area contributed by atoms with Crippen LogP contribution in [0.1, 0.15) is 37.7 Å². The standard InChI is InChI=1S/C20H28N4O2/c1-22(2)13-11-20(9-10-20)14-5-7-15(8-6-14)24-17(18(21)25)16-4-3-12-23(16)19(24)26/h5-8,16-17H,3-4,9-13H2,1-2H3,(H2,21,25)/t16-,17?/m1/s1. The summed E-state index contributed by atoms with van der Waals surface area (Å²) in [5.74, 6) is -0.415. The Morgan fingerprint density at radius 3 is 2.54 bits per heavy atom. The van der Waals surface area contributed by atoms with Crippen LogP contribution in [0.3, 0.4) is 0 Å². The lowest BCUT2D eigenvalue weighted by Crippen LogP contribution is -2.46. The van der Waals surface area contributed by atoms with Gasteiger partial charge in [0.1, 0.15) is 6.04 Å². The number of amides is 3. The average molecular weight is 356 g/mol. The van der Waals surface area contributed by atoms with E-state index < -0.39 is 11.9 Å². The lowest BCUT2D eigenvalue weighted by molar-refractivity contribution is -0.119. The predicted octanol–water partition coefficient (Wildman–Crippen LogP) is 1.93. The monoisotopic (exact) mass is 356 g/mol. The van der Waals surface area contributed by atoms with Crippen LogP contribution in [-0.2, 0) is 10.2 Å². The highest BCUT2D eigenvalue weighted by Gasteiger charge is 2.51. The summed E-state index contributed by atoms with van der Waals surface area (Å²) in [6.07, 6.45) is 5.40. The first-order valence-corrected chi connectivity index (χ1v) is 9.57. The number of benzene rings is 1. The number of anilines is 1. The third-order valence-corrected chi connectivity index (χ3v) is 6.33. The van der Waals surface area contributed by atoms with E-state index in [-0.39, 0.29) is 12.1 Å². The molecule has 1 aromatic carbocycles. The number of carbonyl (C=O) groups is 2. The molecule has 2 saturated heterocycles. The zero-order valence-electron chi connectivity index (χ0n) is 15.6. The van der Waals surface area contributed by atoms with E-state index in [1.807, 2.05) is 17.0 Å². The second kappa shape index (κ2) is 6.27. The molecule has 3 fully saturated rings. The summed E-state index contributed by atoms with van der Waals surface area (Å²) in [6, 6.07) is 7.52. The molecule has 26 heavy (non-hydrogen) atoms. The predicted molar refractivity (Wildman–Crippen MR) is 101 cm³/mol. The van der Waals surface area contributed by atoms with Gasteiger partial charge in [-0.3, -0.25) is 9.69 Å². The average Bonchev–Trinajstić information content (AvgIpc) is 3.15. The largest absolute Gasteiger partial charge is 0.368 e. The van der Waals surface area contributed by atoms with Crippen molar-refractivity contribution in [1.29, 1.82) is 0 Å². The van der Waals surface area contributed by atoms with Crippen LogP contribution in [0.4, 0.5) is 10.5 Å². The lowest BCUT2D eigenvalue weighted by Gasteiger charge is -2.24. The summed E-state index contributed by atoms with van der Waals surface area (Å²) >= 11 is 0. The van der Waals surface area contributed by atoms with Crippen LogP contribution >= 0.6 is 0 Å². The zero-order valence-corrected chi connectivity index (χ0v) is 15.6. The Labute approximate surface area is 154 Å². The molecule has 1 unspecified atom stereocenters. The van der Waals surface area contributed by atoms with E-state index in [4.69, 9.17) is 5.73 Å². The van der Waals surface area contributed by atoms with Crippen molar-refractivity contribution in [2.24, 2.45) is 5.73 Å². The molecule has 2 heterocycles. The van der Waals surface area contributed by atoms with Crippen molar-refractivity contribution in [3.8, 4) is 0 Å². The molecule has 140 valence electrons. The summed E-state index contributed by atoms with van der Waals surface area (Å²) in [5, 5.41) is 0. The number of fused-ring (bicyclic) bond motifs is 1. The Balaban J connectivity index is 1.57. The van der Waals surface area contributed by atoms with Gasteiger partial charge in [0.05, 0.1) is 6.04 Å². The molecule has 2 atom stereocenters. The first kappa shape index (κ1) is 17.3. The summed E-state index contributed by atoms with van der Waals surface area (Å²) in [4.78, 5) is 30.5. The Morgan fingerprint density at radius 1 is 1.27 bits per heavy atom. The molecule has 1 saturated carbocycles. The maximum absolute atomic E-state index is 12.8. The number of primary amides is 1. The van der Waals surface area contributed by atoms with E-state index in [0.29, 0.717) is 5.41 Å². The summed E-state index contributed by atoms with van der Waals surface area (Å²) in [5.41, 5.74) is 8.07. The topological polar surface area (TPSA) is 69.9 Å². The van der Waals surface area contributed by atoms with E-state index in [1.165, 1.54) is 18.4 Å². The first-order valence-electron chi connectivity index (χ1n) is 9.57. The molecule has 0 aromatic heterocycles. The molecule has 1 aliphatic carbocycles. The molecule has 0 bridgehead atoms. The van der Waals surface area contributed by atoms with Crippen LogP contribution in [-0.4, -0.2) is 61.0 Å². The maximum atomic E-state index is 12.8. The summed E-state index contributed by atoms with van der Waals surface area (Å²) < 4.78 is 0. The first-order chi connectivity index (χ1) is 12.4. The summed E-state index contributed by atoms with van der Waals surface area (Å²) in [7, 11) is 4.21. The molecule has 6 heteroatoms. The smallest absolute Gasteiger partial charge is 0.325 e. The fourth-order valence-electron chi connectivity index (χ4n) is 4.62. The number of carbonyl (C=O) groups excluding carboxylic acids is 2. The number of urea groups is 1. The minimum absolute atomic E-state index is 0.0745. The van der Waals surface area contributed by atoms with Gasteiger partial charge in [-0.2, -0.15) is 0 Å². The highest BCUT2D eigenvalue weighted by molar-refractivity contribution is 6.03. The van der Waals surface area contributed by atoms with Crippen LogP contribution < -0.4 is 10.6 Å². The normalized spacial score (nSPS) is 26.5. The number of nitrogens with zero attached hydrogens (tertiary/aromatic N) is 3. The fraction of sp³-hybridized carbons (Fsp3) is 0.600. The van der Waals surface area contributed by atoms with Gasteiger partial charge in [0, 0.05) is 12.2 Å². The third-order valence-electron chi connectivity index (χ3n) is 6.33. The third kappa shape index (κ3) is 2.76. The number of hydrogen-bond acceptors (Lipinski definition) is 3. The van der Waals surface area contributed by atoms with Crippen LogP contribution in [0.15, 0.2) is 24.3 Å². The molecule has 0 spiro atoms. The van der Waals surface area contributed by atoms with E-state index in [2.05, 4.69) is 31.1 Å². The van der Waals surface area contributed by atoms with Crippen molar-refractivity contribution >= 4 is 17.6 Å². The van der Waals surface area contributed by atoms with Gasteiger partial charge < -0.3 is 15.5 Å². The molecule has 2 aliphatic heterocycles. The van der Waals surface area contributed by atoms with Gasteiger partial charge in [0.25, 0.3) is 0 Å². The van der Waals surface area contributed by atoms with Crippen LogP contribution in [0.2, 0.25) is 0 Å². The van der Waals surface area contributed by atoms with Gasteiger partial charge >= 0.3 is 6.03 Å². The Hall–Kier alpha value is -2.08. The summed E-state index contributed by atoms with van der Waals surface area (Å²) in [6.45, 7) is 1.79. The number of rotatable bonds is 6. The second-order valence-electron chi connectivity index (χ2n) is 8.28. The Kier molecular flexibility index (Phi) is 4.18. The molecule has 3 amide bonds. The second-order valence-corrected chi connectivity index (χ2v) is 8.28. The Bertz CT molecular complexity index is 711. The number of nitrogens with two attached hydrogens (primary N) is 1. The van der Waals surface area contributed by atoms with Crippen molar-refractivity contribution in [3.05, 3.63) is 29.8 Å². The molecule has 1 aromatic rings. The van der Waals surface area contributed by atoms with Crippen molar-refractivity contribution in [1.82, 2.24) is 9.80 Å². The van der Waals surface area contributed by atoms with Crippen LogP contribution in [0.25, 0.3) is 0 Å². The van der Waals surface area contributed by atoms with E-state index >= 15 is 0 Å². The van der Waals surface area contributed by atoms with Crippen molar-refractivity contribution in [2.75, 3.05) is 32.1 Å². The quantitative estimate of drug-likeness (QED) is 0.847. The zero-order chi connectivity index (χ0) is 18.5. The maximum Gasteiger partial charge on any atom is 0.325 e. The molecular formula is C20H28N4O2. The van der Waals surface area contributed by atoms with Crippen LogP contribution in [0.5, 0.6) is 0 Å². The highest BCUT2D eigenvalue weighted by atomic mass is 16.2. The number of hydrogen-bond donors (Lipinski definition) is 1. The van der Waals surface area contributed by atoms with Gasteiger partial charge in [-0.05, 0) is 75.9 Å². The fourth-order valence-corrected chi connectivity index (χ4v) is 4.62. The van der Waals surface area contributed by atoms with Crippen molar-refractivity contribution in [2.45, 2.75) is 49.6 Å². The van der Waals surface area contributed by atoms with Crippen molar-refractivity contribution < 1.29 is 9.59 Å². The van der Waals surface area contributed by atoms with Crippen LogP contribution in [0, 0.1) is 0 Å². The lowest BCUT2D eigenvalue weighted by atomic mass is 9.92. The van der Waals surface area contributed by atoms with Gasteiger partial charge in [-0.15, -0.1) is 0 Å². The molecule has 3 aliphatic rings. The molecule has 4 rings (SSSR count).